The number of aryl methyl sites for hydroxylation is 1. The van der Waals surface area contributed by atoms with Gasteiger partial charge in [0.05, 0.1) is 11.9 Å². The molecule has 0 aliphatic carbocycles. The van der Waals surface area contributed by atoms with Crippen LogP contribution in [0.4, 0.5) is 5.69 Å². The van der Waals surface area contributed by atoms with E-state index >= 15 is 0 Å². The molecule has 0 saturated carbocycles. The van der Waals surface area contributed by atoms with Gasteiger partial charge in [0.2, 0.25) is 11.8 Å². The number of nitrogens with one attached hydrogen (secondary N) is 1. The molecule has 2 heterocycles. The SMILES string of the molecule is Cc1cc(O)nc(-c2ccc(NC(=O)CCl)cn2)n1. The number of rotatable bonds is 3. The van der Waals surface area contributed by atoms with Gasteiger partial charge in [-0.25, -0.2) is 4.98 Å². The number of hydrogen-bond acceptors (Lipinski definition) is 5. The van der Waals surface area contributed by atoms with Crippen LogP contribution in [0, 0.1) is 6.92 Å². The van der Waals surface area contributed by atoms with Crippen molar-refractivity contribution in [2.24, 2.45) is 0 Å². The van der Waals surface area contributed by atoms with Crippen LogP contribution in [0.2, 0.25) is 0 Å². The van der Waals surface area contributed by atoms with Gasteiger partial charge in [-0.15, -0.1) is 11.6 Å². The second-order valence-corrected chi connectivity index (χ2v) is 4.07. The van der Waals surface area contributed by atoms with Gasteiger partial charge in [-0.2, -0.15) is 4.98 Å². The first-order valence-electron chi connectivity index (χ1n) is 5.45. The van der Waals surface area contributed by atoms with E-state index in [0.717, 1.165) is 0 Å². The highest BCUT2D eigenvalue weighted by Crippen LogP contribution is 2.17. The molecule has 98 valence electrons. The van der Waals surface area contributed by atoms with Crippen LogP contribution in [0.25, 0.3) is 11.5 Å². The number of aromatic nitrogens is 3. The highest BCUT2D eigenvalue weighted by molar-refractivity contribution is 6.29. The van der Waals surface area contributed by atoms with Crippen molar-refractivity contribution in [3.05, 3.63) is 30.1 Å². The average molecular weight is 279 g/mol. The highest BCUT2D eigenvalue weighted by Gasteiger charge is 2.06. The van der Waals surface area contributed by atoms with Gasteiger partial charge in [0.1, 0.15) is 11.6 Å². The average Bonchev–Trinajstić information content (AvgIpc) is 2.38. The van der Waals surface area contributed by atoms with Gasteiger partial charge in [-0.05, 0) is 19.1 Å². The zero-order valence-corrected chi connectivity index (χ0v) is 10.8. The Kier molecular flexibility index (Phi) is 3.91. The van der Waals surface area contributed by atoms with Crippen LogP contribution in [0.1, 0.15) is 5.69 Å². The standard InChI is InChI=1S/C12H11ClN4O2/c1-7-4-10(18)17-12(15-7)9-3-2-8(6-14-9)16-11(19)5-13/h2-4,6H,5H2,1H3,(H,16,19)(H,15,17,18). The highest BCUT2D eigenvalue weighted by atomic mass is 35.5. The summed E-state index contributed by atoms with van der Waals surface area (Å²) in [6.45, 7) is 1.75. The van der Waals surface area contributed by atoms with Gasteiger partial charge in [0, 0.05) is 11.8 Å². The van der Waals surface area contributed by atoms with Gasteiger partial charge < -0.3 is 10.4 Å². The molecule has 0 unspecified atom stereocenters. The minimum atomic E-state index is -0.305. The summed E-state index contributed by atoms with van der Waals surface area (Å²) in [5.74, 6) is -0.200. The van der Waals surface area contributed by atoms with Crippen molar-refractivity contribution in [2.75, 3.05) is 11.2 Å². The predicted octanol–water partition coefficient (Wildman–Crippen LogP) is 1.73. The molecular weight excluding hydrogens is 268 g/mol. The Labute approximate surface area is 114 Å². The molecule has 2 rings (SSSR count). The molecule has 0 radical (unpaired) electrons. The molecular formula is C12H11ClN4O2. The van der Waals surface area contributed by atoms with Crippen LogP contribution in [0.5, 0.6) is 5.88 Å². The van der Waals surface area contributed by atoms with Crippen LogP contribution in [0.3, 0.4) is 0 Å². The van der Waals surface area contributed by atoms with Crippen LogP contribution in [0.15, 0.2) is 24.4 Å². The molecule has 2 N–H and O–H groups in total. The van der Waals surface area contributed by atoms with Crippen LogP contribution >= 0.6 is 11.6 Å². The summed E-state index contributed by atoms with van der Waals surface area (Å²) >= 11 is 5.38. The van der Waals surface area contributed by atoms with Gasteiger partial charge in [-0.3, -0.25) is 9.78 Å². The lowest BCUT2D eigenvalue weighted by Gasteiger charge is -2.04. The zero-order valence-electron chi connectivity index (χ0n) is 10.1. The third-order valence-corrected chi connectivity index (χ3v) is 2.48. The smallest absolute Gasteiger partial charge is 0.239 e. The number of aromatic hydroxyl groups is 1. The largest absolute Gasteiger partial charge is 0.493 e. The maximum Gasteiger partial charge on any atom is 0.239 e. The number of nitrogens with zero attached hydrogens (tertiary/aromatic N) is 3. The molecule has 0 fully saturated rings. The first-order valence-corrected chi connectivity index (χ1v) is 5.99. The van der Waals surface area contributed by atoms with Gasteiger partial charge >= 0.3 is 0 Å². The fourth-order valence-corrected chi connectivity index (χ4v) is 1.53. The van der Waals surface area contributed by atoms with E-state index in [1.165, 1.54) is 12.3 Å². The first-order chi connectivity index (χ1) is 9.08. The Morgan fingerprint density at radius 3 is 2.79 bits per heavy atom. The second-order valence-electron chi connectivity index (χ2n) is 3.81. The lowest BCUT2D eigenvalue weighted by atomic mass is 10.3. The molecule has 0 aromatic carbocycles. The molecule has 7 heteroatoms. The van der Waals surface area contributed by atoms with Crippen LogP contribution in [-0.2, 0) is 4.79 Å². The maximum absolute atomic E-state index is 11.1. The number of hydrogen-bond donors (Lipinski definition) is 2. The normalized spacial score (nSPS) is 10.2. The fraction of sp³-hybridized carbons (Fsp3) is 0.167. The van der Waals surface area contributed by atoms with Crippen molar-refractivity contribution in [3.8, 4) is 17.4 Å². The van der Waals surface area contributed by atoms with E-state index in [4.69, 9.17) is 11.6 Å². The first kappa shape index (κ1) is 13.2. The van der Waals surface area contributed by atoms with Crippen molar-refractivity contribution in [1.29, 1.82) is 0 Å². The predicted molar refractivity (Wildman–Crippen MR) is 71.0 cm³/mol. The minimum Gasteiger partial charge on any atom is -0.493 e. The van der Waals surface area contributed by atoms with E-state index in [1.807, 2.05) is 0 Å². The molecule has 19 heavy (non-hydrogen) atoms. The number of pyridine rings is 1. The topological polar surface area (TPSA) is 88.0 Å². The van der Waals surface area contributed by atoms with Crippen molar-refractivity contribution < 1.29 is 9.90 Å². The van der Waals surface area contributed by atoms with Gasteiger partial charge in [-0.1, -0.05) is 0 Å². The Balaban J connectivity index is 2.24. The molecule has 1 amide bonds. The Morgan fingerprint density at radius 1 is 1.42 bits per heavy atom. The summed E-state index contributed by atoms with van der Waals surface area (Å²) in [5, 5.41) is 12.0. The Morgan fingerprint density at radius 2 is 2.21 bits per heavy atom. The molecule has 0 bridgehead atoms. The number of carbonyl (C=O) groups excluding carboxylic acids is 1. The third-order valence-electron chi connectivity index (χ3n) is 2.24. The lowest BCUT2D eigenvalue weighted by molar-refractivity contribution is -0.113. The lowest BCUT2D eigenvalue weighted by Crippen LogP contribution is -2.12. The van der Waals surface area contributed by atoms with E-state index in [-0.39, 0.29) is 17.7 Å². The molecule has 0 aliphatic rings. The van der Waals surface area contributed by atoms with Crippen LogP contribution in [-0.4, -0.2) is 31.8 Å². The van der Waals surface area contributed by atoms with Crippen molar-refractivity contribution in [3.63, 3.8) is 0 Å². The molecule has 0 atom stereocenters. The number of anilines is 1. The van der Waals surface area contributed by atoms with Crippen molar-refractivity contribution >= 4 is 23.2 Å². The van der Waals surface area contributed by atoms with Crippen molar-refractivity contribution in [1.82, 2.24) is 15.0 Å². The Hall–Kier alpha value is -2.21. The molecule has 2 aromatic rings. The quantitative estimate of drug-likeness (QED) is 0.835. The molecule has 6 nitrogen and oxygen atoms in total. The van der Waals surface area contributed by atoms with E-state index in [9.17, 15) is 9.90 Å². The van der Waals surface area contributed by atoms with Gasteiger partial charge in [0.25, 0.3) is 0 Å². The second kappa shape index (κ2) is 5.62. The third kappa shape index (κ3) is 3.38. The molecule has 0 aliphatic heterocycles. The van der Waals surface area contributed by atoms with Crippen molar-refractivity contribution in [2.45, 2.75) is 6.92 Å². The summed E-state index contributed by atoms with van der Waals surface area (Å²) in [6, 6.07) is 4.77. The maximum atomic E-state index is 11.1. The summed E-state index contributed by atoms with van der Waals surface area (Å²) in [6.07, 6.45) is 1.47. The summed E-state index contributed by atoms with van der Waals surface area (Å²) in [7, 11) is 0. The summed E-state index contributed by atoms with van der Waals surface area (Å²) in [5.41, 5.74) is 1.68. The van der Waals surface area contributed by atoms with Gasteiger partial charge in [0.15, 0.2) is 5.82 Å². The monoisotopic (exact) mass is 278 g/mol. The summed E-state index contributed by atoms with van der Waals surface area (Å²) in [4.78, 5) is 23.3. The Bertz CT molecular complexity index is 581. The number of amides is 1. The number of halogens is 1. The summed E-state index contributed by atoms with van der Waals surface area (Å²) < 4.78 is 0. The van der Waals surface area contributed by atoms with E-state index in [1.54, 1.807) is 19.1 Å². The van der Waals surface area contributed by atoms with E-state index < -0.39 is 0 Å². The number of carbonyl (C=O) groups is 1. The fourth-order valence-electron chi connectivity index (χ4n) is 1.46. The van der Waals surface area contributed by atoms with E-state index in [0.29, 0.717) is 22.9 Å². The zero-order chi connectivity index (χ0) is 13.8. The molecule has 0 saturated heterocycles. The molecule has 2 aromatic heterocycles. The van der Waals surface area contributed by atoms with Crippen LogP contribution < -0.4 is 5.32 Å². The molecule has 0 spiro atoms. The minimum absolute atomic E-state index is 0.108. The van der Waals surface area contributed by atoms with E-state index in [2.05, 4.69) is 20.3 Å². The number of alkyl halides is 1.